The number of carbonyl (C=O) groups is 2. The SMILES string of the molecule is CC(C)c1cc(Nc2nc(N3CC(C)(C)CC3C(=O)Nc3ccc(F)nc3)nc3c2CCC3)n[nH]1.COC1CC(C(=O)Nc2ncns2)N(c2nc3c(c(Nc4cc(C5CC5)[nH]n4)n2)CCC3)C1. The Hall–Kier alpha value is -6.68. The number of amides is 2. The van der Waals surface area contributed by atoms with E-state index in [1.165, 1.54) is 43.2 Å². The van der Waals surface area contributed by atoms with E-state index in [0.29, 0.717) is 66.3 Å². The molecule has 0 radical (unpaired) electrons. The number of nitrogens with one attached hydrogen (secondary N) is 6. The molecule has 3 aliphatic carbocycles. The zero-order chi connectivity index (χ0) is 47.1. The zero-order valence-corrected chi connectivity index (χ0v) is 39.6. The molecule has 8 heterocycles. The second-order valence-electron chi connectivity index (χ2n) is 19.3. The fourth-order valence-corrected chi connectivity index (χ4v) is 9.92. The number of rotatable bonds is 13. The van der Waals surface area contributed by atoms with Gasteiger partial charge in [0.15, 0.2) is 11.6 Å². The highest BCUT2D eigenvalue weighted by molar-refractivity contribution is 7.09. The predicted octanol–water partition coefficient (Wildman–Crippen LogP) is 6.73. The van der Waals surface area contributed by atoms with Gasteiger partial charge in [0.1, 0.15) is 30.0 Å². The summed E-state index contributed by atoms with van der Waals surface area (Å²) in [6.45, 7) is 9.68. The molecule has 3 fully saturated rings. The molecule has 6 aromatic heterocycles. The van der Waals surface area contributed by atoms with E-state index < -0.39 is 18.0 Å². The number of pyridine rings is 1. The van der Waals surface area contributed by atoms with E-state index in [4.69, 9.17) is 24.7 Å². The van der Waals surface area contributed by atoms with E-state index in [-0.39, 0.29) is 23.3 Å². The molecule has 11 rings (SSSR count). The molecule has 0 aromatic carbocycles. The van der Waals surface area contributed by atoms with E-state index in [1.807, 2.05) is 15.9 Å². The molecule has 5 aliphatic rings. The minimum atomic E-state index is -0.587. The summed E-state index contributed by atoms with van der Waals surface area (Å²) in [6.07, 6.45) is 12.0. The van der Waals surface area contributed by atoms with Crippen LogP contribution < -0.4 is 31.1 Å². The Morgan fingerprint density at radius 3 is 2.15 bits per heavy atom. The van der Waals surface area contributed by atoms with E-state index in [9.17, 15) is 14.0 Å². The molecule has 1 saturated carbocycles. The van der Waals surface area contributed by atoms with Crippen LogP contribution >= 0.6 is 11.5 Å². The van der Waals surface area contributed by atoms with Crippen molar-refractivity contribution in [2.75, 3.05) is 51.3 Å². The molecule has 20 nitrogen and oxygen atoms in total. The summed E-state index contributed by atoms with van der Waals surface area (Å²) < 4.78 is 22.7. The Bertz CT molecular complexity index is 2770. The van der Waals surface area contributed by atoms with Crippen LogP contribution in [0.15, 0.2) is 36.8 Å². The van der Waals surface area contributed by atoms with Gasteiger partial charge in [-0.3, -0.25) is 25.1 Å². The second kappa shape index (κ2) is 18.8. The van der Waals surface area contributed by atoms with Crippen molar-refractivity contribution >= 4 is 69.3 Å². The van der Waals surface area contributed by atoms with Crippen molar-refractivity contribution in [2.24, 2.45) is 5.41 Å². The van der Waals surface area contributed by atoms with Crippen molar-refractivity contribution in [1.29, 1.82) is 0 Å². The van der Waals surface area contributed by atoms with Crippen molar-refractivity contribution in [1.82, 2.24) is 54.7 Å². The maximum atomic E-state index is 13.3. The van der Waals surface area contributed by atoms with Crippen LogP contribution in [0.1, 0.15) is 112 Å². The number of aromatic amines is 2. The molecule has 2 amide bonds. The third-order valence-corrected chi connectivity index (χ3v) is 13.8. The summed E-state index contributed by atoms with van der Waals surface area (Å²) in [4.78, 5) is 57.5. The second-order valence-corrected chi connectivity index (χ2v) is 20.0. The number of hydrogen-bond donors (Lipinski definition) is 6. The smallest absolute Gasteiger partial charge is 0.249 e. The van der Waals surface area contributed by atoms with Gasteiger partial charge in [0.2, 0.25) is 34.8 Å². The maximum Gasteiger partial charge on any atom is 0.249 e. The van der Waals surface area contributed by atoms with Crippen LogP contribution in [-0.2, 0) is 40.0 Å². The standard InChI is InChI=1S/C25H31FN8O.C21H25N9O2S/c1-14(2)18-10-21(33-32-18)30-22-16-6-5-7-17(16)29-24(31-22)34-13-25(3,4)11-19(34)23(35)28-15-8-9-20(26)27-12-15;1-32-12-7-16(19(31)27-21-22-10-23-33-21)30(9-12)20-24-14-4-2-3-13(14)18(26-20)25-17-8-15(28-29-17)11-5-6-11/h8-10,12,14,19H,5-7,11,13H2,1-4H3,(H,28,35)(H2,29,30,31,32,33);8,10-12,16H,2-7,9H2,1H3,(H,22,23,27,31)(H2,24,25,26,28,29). The lowest BCUT2D eigenvalue weighted by Gasteiger charge is -2.25. The highest BCUT2D eigenvalue weighted by atomic mass is 32.1. The number of aromatic nitrogens is 11. The van der Waals surface area contributed by atoms with Crippen molar-refractivity contribution in [3.8, 4) is 0 Å². The van der Waals surface area contributed by atoms with E-state index >= 15 is 0 Å². The number of H-pyrrole nitrogens is 2. The molecule has 3 atom stereocenters. The van der Waals surface area contributed by atoms with Gasteiger partial charge in [-0.15, -0.1) is 0 Å². The largest absolute Gasteiger partial charge is 0.380 e. The summed E-state index contributed by atoms with van der Waals surface area (Å²) >= 11 is 1.15. The lowest BCUT2D eigenvalue weighted by Crippen LogP contribution is -2.41. The maximum absolute atomic E-state index is 13.3. The van der Waals surface area contributed by atoms with E-state index in [1.54, 1.807) is 7.11 Å². The van der Waals surface area contributed by atoms with Gasteiger partial charge in [0, 0.05) is 78.7 Å². The third-order valence-electron chi connectivity index (χ3n) is 13.2. The Balaban J connectivity index is 0.000000159. The Morgan fingerprint density at radius 1 is 0.853 bits per heavy atom. The first kappa shape index (κ1) is 45.1. The van der Waals surface area contributed by atoms with E-state index in [2.05, 4.69) is 89.8 Å². The van der Waals surface area contributed by atoms with Gasteiger partial charge in [-0.2, -0.15) is 28.9 Å². The van der Waals surface area contributed by atoms with Gasteiger partial charge in [-0.25, -0.2) is 19.9 Å². The summed E-state index contributed by atoms with van der Waals surface area (Å²) in [7, 11) is 1.67. The van der Waals surface area contributed by atoms with Crippen LogP contribution in [0.5, 0.6) is 0 Å². The quantitative estimate of drug-likeness (QED) is 0.0658. The molecule has 2 aliphatic heterocycles. The van der Waals surface area contributed by atoms with Gasteiger partial charge in [0.25, 0.3) is 0 Å². The molecule has 22 heteroatoms. The number of methoxy groups -OCH3 is 1. The molecule has 356 valence electrons. The van der Waals surface area contributed by atoms with Crippen LogP contribution in [0.2, 0.25) is 0 Å². The van der Waals surface area contributed by atoms with Crippen molar-refractivity contribution in [3.63, 3.8) is 0 Å². The van der Waals surface area contributed by atoms with Crippen LogP contribution in [0.25, 0.3) is 0 Å². The molecule has 68 heavy (non-hydrogen) atoms. The van der Waals surface area contributed by atoms with Crippen molar-refractivity contribution in [3.05, 3.63) is 76.6 Å². The fourth-order valence-electron chi connectivity index (χ4n) is 9.49. The highest BCUT2D eigenvalue weighted by Crippen LogP contribution is 2.41. The zero-order valence-electron chi connectivity index (χ0n) is 38.8. The third kappa shape index (κ3) is 9.82. The number of nitrogens with zero attached hydrogens (tertiary/aromatic N) is 11. The van der Waals surface area contributed by atoms with Crippen LogP contribution in [0.3, 0.4) is 0 Å². The number of ether oxygens (including phenoxy) is 1. The molecule has 0 spiro atoms. The summed E-state index contributed by atoms with van der Waals surface area (Å²) in [6, 6.07) is 5.88. The number of hydrogen-bond acceptors (Lipinski definition) is 17. The first-order chi connectivity index (χ1) is 32.9. The summed E-state index contributed by atoms with van der Waals surface area (Å²) in [5.74, 6) is 4.07. The Kier molecular flexibility index (Phi) is 12.5. The lowest BCUT2D eigenvalue weighted by atomic mass is 9.90. The van der Waals surface area contributed by atoms with Crippen LogP contribution in [-0.4, -0.2) is 105 Å². The fraction of sp³-hybridized carbons (Fsp3) is 0.500. The minimum absolute atomic E-state index is 0.0872. The van der Waals surface area contributed by atoms with Crippen LogP contribution in [0.4, 0.5) is 50.4 Å². The number of anilines is 8. The van der Waals surface area contributed by atoms with Gasteiger partial charge < -0.3 is 30.5 Å². The normalized spacial score (nSPS) is 20.2. The highest BCUT2D eigenvalue weighted by Gasteiger charge is 2.44. The number of halogens is 1. The van der Waals surface area contributed by atoms with Crippen LogP contribution in [0, 0.1) is 11.4 Å². The number of fused-ring (bicyclic) bond motifs is 2. The number of aryl methyl sites for hydroxylation is 2. The molecule has 3 unspecified atom stereocenters. The lowest BCUT2D eigenvalue weighted by molar-refractivity contribution is -0.118. The summed E-state index contributed by atoms with van der Waals surface area (Å²) in [5, 5.41) is 28.0. The van der Waals surface area contributed by atoms with E-state index in [0.717, 1.165) is 95.7 Å². The topological polar surface area (TPSA) is 246 Å². The first-order valence-electron chi connectivity index (χ1n) is 23.4. The predicted molar refractivity (Wildman–Crippen MR) is 255 cm³/mol. The molecule has 0 bridgehead atoms. The van der Waals surface area contributed by atoms with Crippen molar-refractivity contribution in [2.45, 2.75) is 122 Å². The van der Waals surface area contributed by atoms with Gasteiger partial charge in [-0.05, 0) is 81.3 Å². The Labute approximate surface area is 396 Å². The average molecular weight is 946 g/mol. The molecule has 2 saturated heterocycles. The molecule has 6 aromatic rings. The summed E-state index contributed by atoms with van der Waals surface area (Å²) in [5.41, 5.74) is 6.86. The molecular formula is C46H56FN17O3S. The van der Waals surface area contributed by atoms with Gasteiger partial charge >= 0.3 is 0 Å². The van der Waals surface area contributed by atoms with Gasteiger partial charge in [0.05, 0.1) is 29.4 Å². The van der Waals surface area contributed by atoms with Gasteiger partial charge in [-0.1, -0.05) is 27.7 Å². The first-order valence-corrected chi connectivity index (χ1v) is 24.1. The monoisotopic (exact) mass is 945 g/mol. The molecular weight excluding hydrogens is 890 g/mol. The number of carbonyl (C=O) groups excluding carboxylic acids is 2. The molecule has 6 N–H and O–H groups in total. The van der Waals surface area contributed by atoms with Crippen molar-refractivity contribution < 1.29 is 18.7 Å². The average Bonchev–Trinajstić information content (AvgIpc) is 4.10. The Morgan fingerprint density at radius 2 is 1.53 bits per heavy atom. The minimum Gasteiger partial charge on any atom is -0.380 e.